The Bertz CT molecular complexity index is 1530. The molecule has 0 bridgehead atoms. The molecule has 11 atom stereocenters. The smallest absolute Gasteiger partial charge is 0.316 e. The van der Waals surface area contributed by atoms with E-state index in [2.05, 4.69) is 24.5 Å². The Morgan fingerprint density at radius 1 is 0.692 bits per heavy atom. The molecular weight excluding hydrogens is 703 g/mol. The van der Waals surface area contributed by atoms with Crippen LogP contribution in [0.5, 0.6) is 0 Å². The zero-order valence-corrected chi connectivity index (χ0v) is 32.1. The summed E-state index contributed by atoms with van der Waals surface area (Å²) in [5, 5.41) is 26.3. The standard InChI is InChI=1S/C22H28ClNO4.C19H26ClNO3/c1-4-18(24-21(26)13-6-8-15(23)9-7-13)20-16-10-14(11-17(16)20)19(12(3)25)22(27)28-5-2;1-2-17(21-19(24)11-3-5-14(20)6-4-11)18-15-7-12(8-16(15)18)13(9-22)10-23/h6-9,14,16-20H,4-5,10-11H2,1-3H3,(H,24,26);3-6,12-13,15-18,22-23H,2,7-10H2,1H3,(H,21,24)/t14?,16-,17+,18-,19?,20?;12?,15-,16+,17-,18?/m11/s1. The third kappa shape index (κ3) is 9.20. The van der Waals surface area contributed by atoms with Crippen molar-refractivity contribution < 1.29 is 34.1 Å². The minimum Gasteiger partial charge on any atom is -0.465 e. The van der Waals surface area contributed by atoms with Gasteiger partial charge in [0.15, 0.2) is 0 Å². The van der Waals surface area contributed by atoms with Crippen LogP contribution in [0, 0.1) is 59.2 Å². The second kappa shape index (κ2) is 17.9. The van der Waals surface area contributed by atoms with E-state index in [0.717, 1.165) is 38.5 Å². The normalized spacial score (nSPS) is 28.3. The van der Waals surface area contributed by atoms with E-state index in [-0.39, 0.29) is 60.7 Å². The van der Waals surface area contributed by atoms with Gasteiger partial charge >= 0.3 is 5.97 Å². The summed E-state index contributed by atoms with van der Waals surface area (Å²) in [6, 6.07) is 14.2. The van der Waals surface area contributed by atoms with E-state index >= 15 is 0 Å². The molecule has 2 aromatic carbocycles. The molecule has 0 aliphatic heterocycles. The van der Waals surface area contributed by atoms with Crippen molar-refractivity contribution in [3.8, 4) is 0 Å². The number of amides is 2. The highest BCUT2D eigenvalue weighted by atomic mass is 35.5. The molecule has 2 amide bonds. The van der Waals surface area contributed by atoms with Crippen LogP contribution in [0.15, 0.2) is 48.5 Å². The number of aliphatic hydroxyl groups is 2. The first-order valence-corrected chi connectivity index (χ1v) is 19.7. The lowest BCUT2D eigenvalue weighted by atomic mass is 9.83. The van der Waals surface area contributed by atoms with E-state index < -0.39 is 5.92 Å². The van der Waals surface area contributed by atoms with Crippen LogP contribution < -0.4 is 10.6 Å². The number of esters is 1. The highest BCUT2D eigenvalue weighted by Gasteiger charge is 2.61. The second-order valence-corrected chi connectivity index (χ2v) is 16.1. The maximum atomic E-state index is 12.5. The van der Waals surface area contributed by atoms with Crippen molar-refractivity contribution in [1.82, 2.24) is 10.6 Å². The number of ether oxygens (including phenoxy) is 1. The van der Waals surface area contributed by atoms with Crippen LogP contribution in [0.2, 0.25) is 10.0 Å². The van der Waals surface area contributed by atoms with Gasteiger partial charge in [-0.2, -0.15) is 0 Å². The van der Waals surface area contributed by atoms with E-state index in [9.17, 15) is 29.4 Å². The molecule has 0 saturated heterocycles. The van der Waals surface area contributed by atoms with Gasteiger partial charge in [-0.3, -0.25) is 19.2 Å². The maximum Gasteiger partial charge on any atom is 0.316 e. The predicted octanol–water partition coefficient (Wildman–Crippen LogP) is 6.61. The fourth-order valence-corrected chi connectivity index (χ4v) is 9.90. The number of benzene rings is 2. The fraction of sp³-hybridized carbons (Fsp3) is 0.610. The highest BCUT2D eigenvalue weighted by molar-refractivity contribution is 6.31. The first-order chi connectivity index (χ1) is 24.9. The highest BCUT2D eigenvalue weighted by Crippen LogP contribution is 2.63. The molecule has 52 heavy (non-hydrogen) atoms. The molecule has 2 aromatic rings. The zero-order valence-electron chi connectivity index (χ0n) is 30.6. The Labute approximate surface area is 317 Å². The number of hydrogen-bond acceptors (Lipinski definition) is 7. The molecule has 4 fully saturated rings. The van der Waals surface area contributed by atoms with Gasteiger partial charge < -0.3 is 25.6 Å². The molecule has 6 rings (SSSR count). The van der Waals surface area contributed by atoms with E-state index in [1.165, 1.54) is 6.92 Å². The van der Waals surface area contributed by atoms with Crippen LogP contribution in [0.1, 0.15) is 86.9 Å². The average molecular weight is 758 g/mol. The lowest BCUT2D eigenvalue weighted by Gasteiger charge is -2.25. The Kier molecular flexibility index (Phi) is 13.8. The van der Waals surface area contributed by atoms with Crippen LogP contribution in [-0.2, 0) is 14.3 Å². The summed E-state index contributed by atoms with van der Waals surface area (Å²) < 4.78 is 5.11. The molecular formula is C41H54Cl2N2O7. The molecule has 11 heteroatoms. The number of halogens is 2. The minimum absolute atomic E-state index is 0.0159. The number of rotatable bonds is 15. The number of fused-ring (bicyclic) bond motifs is 2. The fourth-order valence-electron chi connectivity index (χ4n) is 9.64. The molecule has 0 aromatic heterocycles. The van der Waals surface area contributed by atoms with Crippen LogP contribution >= 0.6 is 23.2 Å². The van der Waals surface area contributed by atoms with E-state index in [1.807, 2.05) is 0 Å². The number of Topliss-reactive ketones (excluding diaryl/α,β-unsaturated/α-hetero) is 1. The Hall–Kier alpha value is -2.98. The van der Waals surface area contributed by atoms with Crippen molar-refractivity contribution in [1.29, 1.82) is 0 Å². The topological polar surface area (TPSA) is 142 Å². The predicted molar refractivity (Wildman–Crippen MR) is 201 cm³/mol. The SMILES string of the molecule is CCOC(=O)C(C(C)=O)C1C[C@@H]2C([C@@H](CC)NC(=O)c3ccc(Cl)cc3)[C@@H]2C1.CC[C@@H](NC(=O)c1ccc(Cl)cc1)C1[C@H]2CC(C(CO)CO)C[C@@H]12. The Morgan fingerprint density at radius 3 is 1.40 bits per heavy atom. The largest absolute Gasteiger partial charge is 0.465 e. The molecule has 4 saturated carbocycles. The zero-order chi connectivity index (χ0) is 37.7. The van der Waals surface area contributed by atoms with Gasteiger partial charge in [0.25, 0.3) is 11.8 Å². The van der Waals surface area contributed by atoms with Crippen LogP contribution in [0.4, 0.5) is 0 Å². The molecule has 0 heterocycles. The van der Waals surface area contributed by atoms with Gasteiger partial charge in [0, 0.05) is 52.4 Å². The molecule has 0 radical (unpaired) electrons. The van der Waals surface area contributed by atoms with Gasteiger partial charge in [-0.15, -0.1) is 0 Å². The van der Waals surface area contributed by atoms with Crippen molar-refractivity contribution in [2.24, 2.45) is 59.2 Å². The number of ketones is 1. The molecule has 9 nitrogen and oxygen atoms in total. The van der Waals surface area contributed by atoms with Crippen molar-refractivity contribution in [3.05, 3.63) is 69.7 Å². The van der Waals surface area contributed by atoms with Crippen molar-refractivity contribution in [3.63, 3.8) is 0 Å². The van der Waals surface area contributed by atoms with Gasteiger partial charge in [-0.25, -0.2) is 0 Å². The lowest BCUT2D eigenvalue weighted by molar-refractivity contribution is -0.153. The van der Waals surface area contributed by atoms with Gasteiger partial charge in [-0.1, -0.05) is 37.0 Å². The number of aliphatic hydroxyl groups excluding tert-OH is 2. The molecule has 4 aliphatic rings. The summed E-state index contributed by atoms with van der Waals surface area (Å²) in [5.41, 5.74) is 1.24. The van der Waals surface area contributed by atoms with E-state index in [0.29, 0.717) is 69.2 Å². The summed E-state index contributed by atoms with van der Waals surface area (Å²) in [6.45, 7) is 7.85. The number of hydrogen-bond donors (Lipinski definition) is 4. The maximum absolute atomic E-state index is 12.5. The summed E-state index contributed by atoms with van der Waals surface area (Å²) >= 11 is 11.8. The lowest BCUT2D eigenvalue weighted by Crippen LogP contribution is -2.38. The quantitative estimate of drug-likeness (QED) is 0.118. The number of nitrogens with one attached hydrogen (secondary N) is 2. The van der Waals surface area contributed by atoms with Gasteiger partial charge in [0.2, 0.25) is 0 Å². The molecule has 5 unspecified atom stereocenters. The Morgan fingerprint density at radius 2 is 1.08 bits per heavy atom. The summed E-state index contributed by atoms with van der Waals surface area (Å²) in [4.78, 5) is 49.1. The first-order valence-electron chi connectivity index (χ1n) is 19.0. The first kappa shape index (κ1) is 40.2. The third-order valence-electron chi connectivity index (χ3n) is 12.3. The van der Waals surface area contributed by atoms with E-state index in [4.69, 9.17) is 27.9 Å². The van der Waals surface area contributed by atoms with Crippen molar-refractivity contribution in [2.75, 3.05) is 19.8 Å². The summed E-state index contributed by atoms with van der Waals surface area (Å²) in [7, 11) is 0. The van der Waals surface area contributed by atoms with Gasteiger partial charge in [0.05, 0.1) is 6.61 Å². The molecule has 0 spiro atoms. The van der Waals surface area contributed by atoms with Crippen LogP contribution in [0.3, 0.4) is 0 Å². The van der Waals surface area contributed by atoms with Crippen LogP contribution in [0.25, 0.3) is 0 Å². The number of carbonyl (C=O) groups is 4. The van der Waals surface area contributed by atoms with Crippen molar-refractivity contribution >= 4 is 46.8 Å². The molecule has 284 valence electrons. The Balaban J connectivity index is 0.000000203. The van der Waals surface area contributed by atoms with Gasteiger partial charge in [-0.05, 0) is 148 Å². The minimum atomic E-state index is -0.642. The molecule has 4 aliphatic carbocycles. The van der Waals surface area contributed by atoms with E-state index in [1.54, 1.807) is 55.5 Å². The summed E-state index contributed by atoms with van der Waals surface area (Å²) in [5.74, 6) is 2.41. The molecule has 4 N–H and O–H groups in total. The van der Waals surface area contributed by atoms with Crippen molar-refractivity contribution in [2.45, 2.75) is 78.3 Å². The number of carbonyl (C=O) groups excluding carboxylic acids is 4. The average Bonchev–Trinajstić information content (AvgIpc) is 3.83. The third-order valence-corrected chi connectivity index (χ3v) is 12.8. The monoisotopic (exact) mass is 756 g/mol. The second-order valence-electron chi connectivity index (χ2n) is 15.2. The van der Waals surface area contributed by atoms with Crippen LogP contribution in [-0.4, -0.2) is 65.7 Å². The van der Waals surface area contributed by atoms with Gasteiger partial charge in [0.1, 0.15) is 11.7 Å². The summed E-state index contributed by atoms with van der Waals surface area (Å²) in [6.07, 6.45) is 5.61.